The van der Waals surface area contributed by atoms with Crippen molar-refractivity contribution in [1.29, 1.82) is 0 Å². The minimum Gasteiger partial charge on any atom is -0.484 e. The van der Waals surface area contributed by atoms with Gasteiger partial charge in [0, 0.05) is 28.2 Å². The molecule has 5 nitrogen and oxygen atoms in total. The predicted molar refractivity (Wildman–Crippen MR) is 167 cm³/mol. The second-order valence-corrected chi connectivity index (χ2v) is 12.5. The van der Waals surface area contributed by atoms with Crippen molar-refractivity contribution in [3.8, 4) is 5.75 Å². The molecular weight excluding hydrogens is 555 g/mol. The van der Waals surface area contributed by atoms with Gasteiger partial charge in [0.25, 0.3) is 5.91 Å². The molecule has 3 aromatic carbocycles. The number of amides is 1. The molecule has 0 spiro atoms. The van der Waals surface area contributed by atoms with Crippen molar-refractivity contribution >= 4 is 34.8 Å². The first kappa shape index (κ1) is 29.9. The highest BCUT2D eigenvalue weighted by atomic mass is 35.5. The first-order valence-electron chi connectivity index (χ1n) is 14.8. The lowest BCUT2D eigenvalue weighted by Crippen LogP contribution is -2.31. The number of piperidine rings is 1. The van der Waals surface area contributed by atoms with Crippen molar-refractivity contribution < 1.29 is 14.3 Å². The fourth-order valence-corrected chi connectivity index (χ4v) is 6.61. The number of hydrogen-bond acceptors (Lipinski definition) is 4. The van der Waals surface area contributed by atoms with E-state index >= 15 is 0 Å². The van der Waals surface area contributed by atoms with E-state index in [0.29, 0.717) is 34.2 Å². The van der Waals surface area contributed by atoms with Crippen molar-refractivity contribution in [3.63, 3.8) is 0 Å². The van der Waals surface area contributed by atoms with Crippen LogP contribution in [0.15, 0.2) is 66.7 Å². The highest BCUT2D eigenvalue weighted by Gasteiger charge is 2.35. The summed E-state index contributed by atoms with van der Waals surface area (Å²) in [6, 6.07) is 21.8. The fraction of sp³-hybridized carbons (Fsp3) is 0.441. The lowest BCUT2D eigenvalue weighted by atomic mass is 9.76. The second-order valence-electron chi connectivity index (χ2n) is 11.7. The Hall–Kier alpha value is -2.57. The number of rotatable bonds is 9. The quantitative estimate of drug-likeness (QED) is 0.270. The van der Waals surface area contributed by atoms with Gasteiger partial charge < -0.3 is 14.8 Å². The van der Waals surface area contributed by atoms with E-state index in [1.54, 1.807) is 6.07 Å². The van der Waals surface area contributed by atoms with Gasteiger partial charge in [0.05, 0.1) is 12.7 Å². The Labute approximate surface area is 254 Å². The summed E-state index contributed by atoms with van der Waals surface area (Å²) < 4.78 is 12.2. The van der Waals surface area contributed by atoms with E-state index < -0.39 is 0 Å². The monoisotopic (exact) mass is 594 g/mol. The zero-order valence-electron chi connectivity index (χ0n) is 24.0. The molecule has 0 saturated carbocycles. The third kappa shape index (κ3) is 8.04. The van der Waals surface area contributed by atoms with Gasteiger partial charge in [0.1, 0.15) is 5.75 Å². The van der Waals surface area contributed by atoms with E-state index in [2.05, 4.69) is 36.2 Å². The van der Waals surface area contributed by atoms with Gasteiger partial charge in [-0.15, -0.1) is 0 Å². The SMILES string of the molecule is CC(C)[C@@H]1C[C@H](c2ccc(Cl)cc2Cl)CO[C@H]1c1ccc(OCC(=O)Nc2ccc(CN3CCCCC3)cc2)cc1. The van der Waals surface area contributed by atoms with Crippen LogP contribution in [0.3, 0.4) is 0 Å². The van der Waals surface area contributed by atoms with Crippen LogP contribution in [-0.4, -0.2) is 37.1 Å². The molecule has 0 aromatic heterocycles. The van der Waals surface area contributed by atoms with Gasteiger partial charge in [-0.3, -0.25) is 9.69 Å². The molecule has 1 N–H and O–H groups in total. The Morgan fingerprint density at radius 3 is 2.41 bits per heavy atom. The molecule has 41 heavy (non-hydrogen) atoms. The third-order valence-electron chi connectivity index (χ3n) is 8.35. The van der Waals surface area contributed by atoms with Crippen molar-refractivity contribution in [2.24, 2.45) is 11.8 Å². The molecule has 0 radical (unpaired) electrons. The topological polar surface area (TPSA) is 50.8 Å². The molecule has 1 amide bonds. The minimum absolute atomic E-state index is 0.00689. The minimum atomic E-state index is -0.180. The van der Waals surface area contributed by atoms with Crippen LogP contribution in [0.5, 0.6) is 5.75 Å². The van der Waals surface area contributed by atoms with Gasteiger partial charge in [-0.05, 0) is 97.3 Å². The number of carbonyl (C=O) groups is 1. The van der Waals surface area contributed by atoms with Crippen LogP contribution < -0.4 is 10.1 Å². The number of hydrogen-bond donors (Lipinski definition) is 1. The summed E-state index contributed by atoms with van der Waals surface area (Å²) in [7, 11) is 0. The molecule has 7 heteroatoms. The average molecular weight is 596 g/mol. The van der Waals surface area contributed by atoms with Gasteiger partial charge >= 0.3 is 0 Å². The number of nitrogens with zero attached hydrogens (tertiary/aromatic N) is 1. The zero-order valence-corrected chi connectivity index (χ0v) is 25.5. The van der Waals surface area contributed by atoms with E-state index in [-0.39, 0.29) is 24.5 Å². The Bertz CT molecular complexity index is 1290. The van der Waals surface area contributed by atoms with Gasteiger partial charge in [0.15, 0.2) is 6.61 Å². The number of nitrogens with one attached hydrogen (secondary N) is 1. The van der Waals surface area contributed by atoms with Gasteiger partial charge in [-0.1, -0.05) is 73.8 Å². The number of benzene rings is 3. The average Bonchev–Trinajstić information content (AvgIpc) is 2.98. The molecule has 3 aromatic rings. The second kappa shape index (κ2) is 14.1. The van der Waals surface area contributed by atoms with Crippen LogP contribution in [0, 0.1) is 11.8 Å². The smallest absolute Gasteiger partial charge is 0.262 e. The van der Waals surface area contributed by atoms with Crippen molar-refractivity contribution in [3.05, 3.63) is 93.5 Å². The molecular formula is C34H40Cl2N2O3. The van der Waals surface area contributed by atoms with Crippen LogP contribution >= 0.6 is 23.2 Å². The van der Waals surface area contributed by atoms with Crippen LogP contribution in [0.25, 0.3) is 0 Å². The number of anilines is 1. The molecule has 0 aliphatic carbocycles. The molecule has 2 heterocycles. The standard InChI is InChI=1S/C34H40Cl2N2O3/c1-23(2)31-18-26(30-15-10-27(35)19-32(30)36)21-41-34(31)25-8-13-29(14-9-25)40-22-33(39)37-28-11-6-24(7-12-28)20-38-16-4-3-5-17-38/h6-15,19,23,26,31,34H,3-5,16-18,20-22H2,1-2H3,(H,37,39)/t26-,31-,34-/m0/s1. The maximum Gasteiger partial charge on any atom is 0.262 e. The number of carbonyl (C=O) groups excluding carboxylic acids is 1. The number of halogens is 2. The highest BCUT2D eigenvalue weighted by molar-refractivity contribution is 6.35. The molecule has 3 atom stereocenters. The maximum absolute atomic E-state index is 12.5. The highest BCUT2D eigenvalue weighted by Crippen LogP contribution is 2.45. The van der Waals surface area contributed by atoms with Crippen molar-refractivity contribution in [1.82, 2.24) is 4.90 Å². The van der Waals surface area contributed by atoms with Crippen LogP contribution in [0.4, 0.5) is 5.69 Å². The van der Waals surface area contributed by atoms with E-state index in [4.69, 9.17) is 32.7 Å². The van der Waals surface area contributed by atoms with Crippen LogP contribution in [0.2, 0.25) is 10.0 Å². The summed E-state index contributed by atoms with van der Waals surface area (Å²) in [6.45, 7) is 8.34. The summed E-state index contributed by atoms with van der Waals surface area (Å²) in [5.41, 5.74) is 4.26. The summed E-state index contributed by atoms with van der Waals surface area (Å²) in [6.07, 6.45) is 4.88. The van der Waals surface area contributed by atoms with Crippen molar-refractivity contribution in [2.45, 2.75) is 58.1 Å². The van der Waals surface area contributed by atoms with E-state index in [1.807, 2.05) is 48.5 Å². The summed E-state index contributed by atoms with van der Waals surface area (Å²) >= 11 is 12.6. The molecule has 2 saturated heterocycles. The molecule has 0 bridgehead atoms. The van der Waals surface area contributed by atoms with Crippen LogP contribution in [-0.2, 0) is 16.1 Å². The Morgan fingerprint density at radius 1 is 1.00 bits per heavy atom. The summed E-state index contributed by atoms with van der Waals surface area (Å²) in [5, 5.41) is 4.28. The largest absolute Gasteiger partial charge is 0.484 e. The van der Waals surface area contributed by atoms with Gasteiger partial charge in [0.2, 0.25) is 0 Å². The first-order valence-corrected chi connectivity index (χ1v) is 15.5. The lowest BCUT2D eigenvalue weighted by Gasteiger charge is -2.39. The Balaban J connectivity index is 1.12. The zero-order chi connectivity index (χ0) is 28.8. The Kier molecular flexibility index (Phi) is 10.3. The predicted octanol–water partition coefficient (Wildman–Crippen LogP) is 8.51. The van der Waals surface area contributed by atoms with E-state index in [1.165, 1.54) is 37.9 Å². The maximum atomic E-state index is 12.5. The summed E-state index contributed by atoms with van der Waals surface area (Å²) in [5.74, 6) is 1.48. The normalized spacial score (nSPS) is 21.5. The van der Waals surface area contributed by atoms with Crippen LogP contribution in [0.1, 0.15) is 68.2 Å². The lowest BCUT2D eigenvalue weighted by molar-refractivity contribution is -0.118. The first-order chi connectivity index (χ1) is 19.9. The molecule has 2 aliphatic heterocycles. The molecule has 2 aliphatic rings. The number of likely N-dealkylation sites (tertiary alicyclic amines) is 1. The molecule has 5 rings (SSSR count). The molecule has 2 fully saturated rings. The Morgan fingerprint density at radius 2 is 1.73 bits per heavy atom. The van der Waals surface area contributed by atoms with Gasteiger partial charge in [-0.2, -0.15) is 0 Å². The molecule has 0 unspecified atom stereocenters. The fourth-order valence-electron chi connectivity index (χ4n) is 6.05. The molecule has 218 valence electrons. The van der Waals surface area contributed by atoms with Gasteiger partial charge in [-0.25, -0.2) is 0 Å². The van der Waals surface area contributed by atoms with Crippen molar-refractivity contribution in [2.75, 3.05) is 31.6 Å². The third-order valence-corrected chi connectivity index (χ3v) is 8.91. The van der Waals surface area contributed by atoms with E-state index in [9.17, 15) is 4.79 Å². The summed E-state index contributed by atoms with van der Waals surface area (Å²) in [4.78, 5) is 15.0. The number of ether oxygens (including phenoxy) is 2. The van der Waals surface area contributed by atoms with E-state index in [0.717, 1.165) is 29.8 Å².